The molecule has 0 aliphatic heterocycles. The van der Waals surface area contributed by atoms with Gasteiger partial charge < -0.3 is 10.2 Å². The van der Waals surface area contributed by atoms with Crippen LogP contribution in [0, 0.1) is 0 Å². The van der Waals surface area contributed by atoms with Crippen molar-refractivity contribution in [3.8, 4) is 5.75 Å². The molecule has 0 heterocycles. The number of hydrogen-bond donors (Lipinski definition) is 2. The summed E-state index contributed by atoms with van der Waals surface area (Å²) in [7, 11) is 0. The summed E-state index contributed by atoms with van der Waals surface area (Å²) in [6.07, 6.45) is 0. The summed E-state index contributed by atoms with van der Waals surface area (Å²) in [5.74, 6) is 0.177. The summed E-state index contributed by atoms with van der Waals surface area (Å²) >= 11 is 0. The van der Waals surface area contributed by atoms with Gasteiger partial charge in [0.25, 0.3) is 0 Å². The summed E-state index contributed by atoms with van der Waals surface area (Å²) < 4.78 is 0. The van der Waals surface area contributed by atoms with Crippen molar-refractivity contribution in [2.75, 3.05) is 0 Å². The lowest BCUT2D eigenvalue weighted by molar-refractivity contribution is 0.276. The van der Waals surface area contributed by atoms with Crippen molar-refractivity contribution in [1.29, 1.82) is 0 Å². The largest absolute Gasteiger partial charge is 0.507 e. The zero-order valence-electron chi connectivity index (χ0n) is 9.22. The highest BCUT2D eigenvalue weighted by Crippen LogP contribution is 2.33. The third-order valence-electron chi connectivity index (χ3n) is 3.15. The van der Waals surface area contributed by atoms with E-state index < -0.39 is 0 Å². The number of hydrogen-bond acceptors (Lipinski definition) is 2. The Balaban J connectivity index is 2.49. The SMILES string of the molecule is OCc1ccc2c(ccc3ccccc32)c1O. The van der Waals surface area contributed by atoms with Gasteiger partial charge in [-0.3, -0.25) is 0 Å². The highest BCUT2D eigenvalue weighted by molar-refractivity contribution is 6.09. The molecule has 2 heteroatoms. The van der Waals surface area contributed by atoms with Crippen LogP contribution in [0.3, 0.4) is 0 Å². The minimum Gasteiger partial charge on any atom is -0.507 e. The van der Waals surface area contributed by atoms with Crippen LogP contribution in [0.4, 0.5) is 0 Å². The zero-order chi connectivity index (χ0) is 11.8. The van der Waals surface area contributed by atoms with Crippen LogP contribution in [0.15, 0.2) is 48.5 Å². The molecule has 2 nitrogen and oxygen atoms in total. The molecule has 0 fully saturated rings. The number of fused-ring (bicyclic) bond motifs is 3. The third-order valence-corrected chi connectivity index (χ3v) is 3.15. The van der Waals surface area contributed by atoms with E-state index in [0.29, 0.717) is 5.56 Å². The van der Waals surface area contributed by atoms with Crippen LogP contribution in [-0.2, 0) is 6.61 Å². The van der Waals surface area contributed by atoms with Gasteiger partial charge in [0.05, 0.1) is 6.61 Å². The predicted octanol–water partition coefficient (Wildman–Crippen LogP) is 3.19. The number of phenols is 1. The minimum absolute atomic E-state index is 0.144. The molecule has 0 saturated heterocycles. The van der Waals surface area contributed by atoms with E-state index in [1.165, 1.54) is 0 Å². The number of benzene rings is 3. The second-order valence-corrected chi connectivity index (χ2v) is 4.11. The number of rotatable bonds is 1. The number of aromatic hydroxyl groups is 1. The topological polar surface area (TPSA) is 40.5 Å². The molecule has 0 aliphatic rings. The Bertz CT molecular complexity index is 702. The molecule has 3 rings (SSSR count). The van der Waals surface area contributed by atoms with Gasteiger partial charge in [0.1, 0.15) is 5.75 Å². The first-order valence-electron chi connectivity index (χ1n) is 5.54. The van der Waals surface area contributed by atoms with Crippen LogP contribution in [0.5, 0.6) is 5.75 Å². The Morgan fingerprint density at radius 3 is 2.35 bits per heavy atom. The maximum absolute atomic E-state index is 10.0. The molecule has 0 atom stereocenters. The first-order chi connectivity index (χ1) is 8.31. The minimum atomic E-state index is -0.144. The summed E-state index contributed by atoms with van der Waals surface area (Å²) in [4.78, 5) is 0. The molecule has 0 radical (unpaired) electrons. The molecular weight excluding hydrogens is 212 g/mol. The van der Waals surface area contributed by atoms with Crippen molar-refractivity contribution < 1.29 is 10.2 Å². The molecule has 0 amide bonds. The monoisotopic (exact) mass is 224 g/mol. The Labute approximate surface area is 98.7 Å². The zero-order valence-corrected chi connectivity index (χ0v) is 9.22. The summed E-state index contributed by atoms with van der Waals surface area (Å²) in [6, 6.07) is 15.7. The van der Waals surface area contributed by atoms with E-state index >= 15 is 0 Å². The molecule has 3 aromatic carbocycles. The van der Waals surface area contributed by atoms with Gasteiger partial charge in [-0.1, -0.05) is 48.5 Å². The molecule has 0 saturated carbocycles. The van der Waals surface area contributed by atoms with Gasteiger partial charge in [0.2, 0.25) is 0 Å². The van der Waals surface area contributed by atoms with Gasteiger partial charge in [0.15, 0.2) is 0 Å². The molecule has 17 heavy (non-hydrogen) atoms. The van der Waals surface area contributed by atoms with Crippen LogP contribution in [-0.4, -0.2) is 10.2 Å². The fourth-order valence-electron chi connectivity index (χ4n) is 2.25. The molecule has 0 aromatic heterocycles. The average molecular weight is 224 g/mol. The summed E-state index contributed by atoms with van der Waals surface area (Å²) in [6.45, 7) is -0.144. The van der Waals surface area contributed by atoms with E-state index in [0.717, 1.165) is 21.5 Å². The van der Waals surface area contributed by atoms with Gasteiger partial charge in [-0.15, -0.1) is 0 Å². The highest BCUT2D eigenvalue weighted by Gasteiger charge is 2.07. The smallest absolute Gasteiger partial charge is 0.128 e. The average Bonchev–Trinajstić information content (AvgIpc) is 2.39. The van der Waals surface area contributed by atoms with Crippen LogP contribution >= 0.6 is 0 Å². The summed E-state index contributed by atoms with van der Waals surface area (Å²) in [5, 5.41) is 23.2. The molecule has 2 N–H and O–H groups in total. The van der Waals surface area contributed by atoms with Crippen molar-refractivity contribution in [1.82, 2.24) is 0 Å². The molecule has 3 aromatic rings. The van der Waals surface area contributed by atoms with E-state index in [1.807, 2.05) is 42.5 Å². The van der Waals surface area contributed by atoms with Crippen LogP contribution < -0.4 is 0 Å². The molecule has 0 unspecified atom stereocenters. The molecular formula is C15H12O2. The fraction of sp³-hybridized carbons (Fsp3) is 0.0667. The van der Waals surface area contributed by atoms with Crippen molar-refractivity contribution in [3.63, 3.8) is 0 Å². The van der Waals surface area contributed by atoms with Crippen LogP contribution in [0.2, 0.25) is 0 Å². The Hall–Kier alpha value is -2.06. The van der Waals surface area contributed by atoms with E-state index in [4.69, 9.17) is 5.11 Å². The van der Waals surface area contributed by atoms with Crippen molar-refractivity contribution in [2.24, 2.45) is 0 Å². The maximum Gasteiger partial charge on any atom is 0.128 e. The first kappa shape index (κ1) is 10.1. The number of aliphatic hydroxyl groups is 1. The van der Waals surface area contributed by atoms with E-state index in [1.54, 1.807) is 6.07 Å². The predicted molar refractivity (Wildman–Crippen MR) is 69.0 cm³/mol. The Morgan fingerprint density at radius 2 is 1.53 bits per heavy atom. The third kappa shape index (κ3) is 1.46. The lowest BCUT2D eigenvalue weighted by Gasteiger charge is -2.08. The normalized spacial score (nSPS) is 11.1. The maximum atomic E-state index is 10.0. The lowest BCUT2D eigenvalue weighted by Crippen LogP contribution is -1.86. The lowest BCUT2D eigenvalue weighted by atomic mass is 9.99. The molecule has 0 aliphatic carbocycles. The van der Waals surface area contributed by atoms with Crippen molar-refractivity contribution >= 4 is 21.5 Å². The molecule has 84 valence electrons. The quantitative estimate of drug-likeness (QED) is 0.623. The highest BCUT2D eigenvalue weighted by atomic mass is 16.3. The molecule has 0 bridgehead atoms. The standard InChI is InChI=1S/C15H12O2/c16-9-11-6-7-13-12-4-2-1-3-10(12)5-8-14(13)15(11)17/h1-8,16-17H,9H2. The van der Waals surface area contributed by atoms with E-state index in [9.17, 15) is 5.11 Å². The van der Waals surface area contributed by atoms with Gasteiger partial charge in [0, 0.05) is 10.9 Å². The van der Waals surface area contributed by atoms with Crippen LogP contribution in [0.25, 0.3) is 21.5 Å². The Morgan fingerprint density at radius 1 is 0.765 bits per heavy atom. The number of aliphatic hydroxyl groups excluding tert-OH is 1. The van der Waals surface area contributed by atoms with Gasteiger partial charge in [-0.2, -0.15) is 0 Å². The second kappa shape index (κ2) is 3.75. The van der Waals surface area contributed by atoms with Gasteiger partial charge >= 0.3 is 0 Å². The Kier molecular flexibility index (Phi) is 2.23. The first-order valence-corrected chi connectivity index (χ1v) is 5.54. The van der Waals surface area contributed by atoms with Gasteiger partial charge in [-0.25, -0.2) is 0 Å². The van der Waals surface area contributed by atoms with Crippen LogP contribution in [0.1, 0.15) is 5.56 Å². The fourth-order valence-corrected chi connectivity index (χ4v) is 2.25. The second-order valence-electron chi connectivity index (χ2n) is 4.11. The van der Waals surface area contributed by atoms with E-state index in [-0.39, 0.29) is 12.4 Å². The van der Waals surface area contributed by atoms with Crippen molar-refractivity contribution in [3.05, 3.63) is 54.1 Å². The van der Waals surface area contributed by atoms with E-state index in [2.05, 4.69) is 0 Å². The molecule has 0 spiro atoms. The van der Waals surface area contributed by atoms with Gasteiger partial charge in [-0.05, 0) is 16.2 Å². The van der Waals surface area contributed by atoms with Crippen molar-refractivity contribution in [2.45, 2.75) is 6.61 Å². The summed E-state index contributed by atoms with van der Waals surface area (Å²) in [5.41, 5.74) is 0.563.